The van der Waals surface area contributed by atoms with Gasteiger partial charge in [0.05, 0.1) is 6.10 Å². The standard InChI is InChI=1S/C20H25NO/c1-16(20(22)19-10-6-3-7-11-19)21-14-12-18(13-15-21)17-8-4-2-5-9-17/h2-11,16,18,20,22H,12-15H2,1H3/t16-,20?/m0/s1. The van der Waals surface area contributed by atoms with Gasteiger partial charge in [-0.25, -0.2) is 0 Å². The second-order valence-corrected chi connectivity index (χ2v) is 6.32. The molecule has 1 aliphatic rings. The number of benzene rings is 2. The van der Waals surface area contributed by atoms with E-state index >= 15 is 0 Å². The Labute approximate surface area is 133 Å². The first-order valence-corrected chi connectivity index (χ1v) is 8.27. The van der Waals surface area contributed by atoms with Gasteiger partial charge in [-0.15, -0.1) is 0 Å². The van der Waals surface area contributed by atoms with E-state index in [2.05, 4.69) is 42.2 Å². The van der Waals surface area contributed by atoms with Crippen LogP contribution in [-0.4, -0.2) is 29.1 Å². The minimum Gasteiger partial charge on any atom is -0.387 e. The summed E-state index contributed by atoms with van der Waals surface area (Å²) in [6, 6.07) is 21.0. The lowest BCUT2D eigenvalue weighted by Gasteiger charge is -2.38. The van der Waals surface area contributed by atoms with E-state index in [0.29, 0.717) is 5.92 Å². The third-order valence-corrected chi connectivity index (χ3v) is 4.97. The predicted molar refractivity (Wildman–Crippen MR) is 90.9 cm³/mol. The van der Waals surface area contributed by atoms with Crippen LogP contribution in [0.3, 0.4) is 0 Å². The van der Waals surface area contributed by atoms with Crippen LogP contribution in [0.4, 0.5) is 0 Å². The molecule has 1 saturated heterocycles. The van der Waals surface area contributed by atoms with E-state index in [1.807, 2.05) is 30.3 Å². The van der Waals surface area contributed by atoms with Crippen LogP contribution in [0.2, 0.25) is 0 Å². The maximum absolute atomic E-state index is 10.6. The smallest absolute Gasteiger partial charge is 0.0942 e. The van der Waals surface area contributed by atoms with Crippen molar-refractivity contribution in [1.29, 1.82) is 0 Å². The van der Waals surface area contributed by atoms with Gasteiger partial charge in [-0.2, -0.15) is 0 Å². The van der Waals surface area contributed by atoms with Gasteiger partial charge < -0.3 is 5.11 Å². The van der Waals surface area contributed by atoms with Crippen molar-refractivity contribution in [3.63, 3.8) is 0 Å². The number of rotatable bonds is 4. The van der Waals surface area contributed by atoms with Gasteiger partial charge in [0.25, 0.3) is 0 Å². The van der Waals surface area contributed by atoms with Crippen molar-refractivity contribution in [3.05, 3.63) is 71.8 Å². The number of hydrogen-bond acceptors (Lipinski definition) is 2. The second kappa shape index (κ2) is 7.08. The first-order chi connectivity index (χ1) is 10.8. The summed E-state index contributed by atoms with van der Waals surface area (Å²) in [5.74, 6) is 0.665. The van der Waals surface area contributed by atoms with Crippen LogP contribution in [-0.2, 0) is 0 Å². The minimum atomic E-state index is -0.408. The molecule has 0 aromatic heterocycles. The molecule has 2 atom stereocenters. The molecule has 1 N–H and O–H groups in total. The highest BCUT2D eigenvalue weighted by atomic mass is 16.3. The summed E-state index contributed by atoms with van der Waals surface area (Å²) >= 11 is 0. The Hall–Kier alpha value is -1.64. The molecule has 0 aliphatic carbocycles. The van der Waals surface area contributed by atoms with E-state index in [9.17, 15) is 5.11 Å². The van der Waals surface area contributed by atoms with E-state index in [0.717, 1.165) is 18.7 Å². The number of likely N-dealkylation sites (tertiary alicyclic amines) is 1. The van der Waals surface area contributed by atoms with E-state index in [-0.39, 0.29) is 6.04 Å². The van der Waals surface area contributed by atoms with Gasteiger partial charge in [0, 0.05) is 6.04 Å². The summed E-state index contributed by atoms with van der Waals surface area (Å²) in [7, 11) is 0. The molecule has 1 fully saturated rings. The average Bonchev–Trinajstić information content (AvgIpc) is 2.62. The Morgan fingerprint density at radius 2 is 1.45 bits per heavy atom. The normalized spacial score (nSPS) is 19.7. The van der Waals surface area contributed by atoms with Crippen molar-refractivity contribution in [2.45, 2.75) is 37.8 Å². The van der Waals surface area contributed by atoms with Crippen LogP contribution >= 0.6 is 0 Å². The van der Waals surface area contributed by atoms with Gasteiger partial charge in [-0.1, -0.05) is 60.7 Å². The Balaban J connectivity index is 1.59. The summed E-state index contributed by atoms with van der Waals surface area (Å²) in [6.45, 7) is 4.26. The molecule has 1 aliphatic heterocycles. The molecular formula is C20H25NO. The molecule has 2 aromatic rings. The second-order valence-electron chi connectivity index (χ2n) is 6.32. The van der Waals surface area contributed by atoms with Crippen LogP contribution < -0.4 is 0 Å². The Morgan fingerprint density at radius 1 is 0.909 bits per heavy atom. The summed E-state index contributed by atoms with van der Waals surface area (Å²) in [6.07, 6.45) is 1.95. The first kappa shape index (κ1) is 15.3. The molecule has 3 rings (SSSR count). The van der Waals surface area contributed by atoms with Crippen molar-refractivity contribution in [2.75, 3.05) is 13.1 Å². The summed E-state index contributed by atoms with van der Waals surface area (Å²) in [5, 5.41) is 10.6. The van der Waals surface area contributed by atoms with Crippen LogP contribution in [0.5, 0.6) is 0 Å². The maximum atomic E-state index is 10.6. The van der Waals surface area contributed by atoms with Gasteiger partial charge in [-0.05, 0) is 49.9 Å². The van der Waals surface area contributed by atoms with Gasteiger partial charge in [0.1, 0.15) is 0 Å². The van der Waals surface area contributed by atoms with E-state index < -0.39 is 6.10 Å². The largest absolute Gasteiger partial charge is 0.387 e. The fourth-order valence-electron chi connectivity index (χ4n) is 3.49. The summed E-state index contributed by atoms with van der Waals surface area (Å²) in [4.78, 5) is 2.43. The van der Waals surface area contributed by atoms with Crippen molar-refractivity contribution < 1.29 is 5.11 Å². The fraction of sp³-hybridized carbons (Fsp3) is 0.400. The van der Waals surface area contributed by atoms with Crippen molar-refractivity contribution >= 4 is 0 Å². The van der Waals surface area contributed by atoms with Crippen molar-refractivity contribution in [2.24, 2.45) is 0 Å². The number of nitrogens with zero attached hydrogens (tertiary/aromatic N) is 1. The highest BCUT2D eigenvalue weighted by Gasteiger charge is 2.27. The van der Waals surface area contributed by atoms with Gasteiger partial charge in [-0.3, -0.25) is 4.90 Å². The third kappa shape index (κ3) is 3.40. The monoisotopic (exact) mass is 295 g/mol. The summed E-state index contributed by atoms with van der Waals surface area (Å²) in [5.41, 5.74) is 2.47. The highest BCUT2D eigenvalue weighted by Crippen LogP contribution is 2.31. The lowest BCUT2D eigenvalue weighted by atomic mass is 9.88. The topological polar surface area (TPSA) is 23.5 Å². The average molecular weight is 295 g/mol. The molecule has 22 heavy (non-hydrogen) atoms. The van der Waals surface area contributed by atoms with Crippen molar-refractivity contribution in [3.8, 4) is 0 Å². The van der Waals surface area contributed by atoms with Gasteiger partial charge in [0.15, 0.2) is 0 Å². The fourth-order valence-corrected chi connectivity index (χ4v) is 3.49. The molecule has 2 aromatic carbocycles. The Kier molecular flexibility index (Phi) is 4.91. The molecule has 1 heterocycles. The Morgan fingerprint density at radius 3 is 2.05 bits per heavy atom. The molecule has 1 unspecified atom stereocenters. The van der Waals surface area contributed by atoms with E-state index in [4.69, 9.17) is 0 Å². The molecule has 0 spiro atoms. The number of aliphatic hydroxyl groups is 1. The van der Waals surface area contributed by atoms with Crippen LogP contribution in [0.1, 0.15) is 42.9 Å². The molecule has 2 nitrogen and oxygen atoms in total. The molecular weight excluding hydrogens is 270 g/mol. The van der Waals surface area contributed by atoms with E-state index in [1.54, 1.807) is 0 Å². The number of hydrogen-bond donors (Lipinski definition) is 1. The maximum Gasteiger partial charge on any atom is 0.0942 e. The minimum absolute atomic E-state index is 0.166. The third-order valence-electron chi connectivity index (χ3n) is 4.97. The predicted octanol–water partition coefficient (Wildman–Crippen LogP) is 3.99. The van der Waals surface area contributed by atoms with Gasteiger partial charge in [0.2, 0.25) is 0 Å². The number of aliphatic hydroxyl groups excluding tert-OH is 1. The van der Waals surface area contributed by atoms with E-state index in [1.165, 1.54) is 18.4 Å². The quantitative estimate of drug-likeness (QED) is 0.922. The first-order valence-electron chi connectivity index (χ1n) is 8.27. The van der Waals surface area contributed by atoms with Crippen LogP contribution in [0.25, 0.3) is 0 Å². The molecule has 0 radical (unpaired) electrons. The molecule has 0 saturated carbocycles. The lowest BCUT2D eigenvalue weighted by molar-refractivity contribution is 0.0436. The van der Waals surface area contributed by atoms with Crippen LogP contribution in [0.15, 0.2) is 60.7 Å². The summed E-state index contributed by atoms with van der Waals surface area (Å²) < 4.78 is 0. The molecule has 116 valence electrons. The van der Waals surface area contributed by atoms with Crippen molar-refractivity contribution in [1.82, 2.24) is 4.90 Å². The number of piperidine rings is 1. The highest BCUT2D eigenvalue weighted by molar-refractivity contribution is 5.21. The lowest BCUT2D eigenvalue weighted by Crippen LogP contribution is -2.42. The zero-order valence-electron chi connectivity index (χ0n) is 13.2. The molecule has 2 heteroatoms. The molecule has 0 amide bonds. The Bertz CT molecular complexity index is 561. The van der Waals surface area contributed by atoms with Gasteiger partial charge >= 0.3 is 0 Å². The zero-order valence-corrected chi connectivity index (χ0v) is 13.2. The SMILES string of the molecule is C[C@@H](C(O)c1ccccc1)N1CCC(c2ccccc2)CC1. The zero-order chi connectivity index (χ0) is 15.4. The van der Waals surface area contributed by atoms with Crippen LogP contribution in [0, 0.1) is 0 Å². The molecule has 0 bridgehead atoms.